The molecule has 19 heavy (non-hydrogen) atoms. The highest BCUT2D eigenvalue weighted by atomic mass is 79.9. The smallest absolute Gasteiger partial charge is 0.200 e. The lowest BCUT2D eigenvalue weighted by molar-refractivity contribution is 0.584. The maximum Gasteiger partial charge on any atom is 0.276 e. The topological polar surface area (TPSA) is 58.5 Å². The van der Waals surface area contributed by atoms with E-state index < -0.39 is 10.0 Å². The van der Waals surface area contributed by atoms with Crippen LogP contribution in [-0.2, 0) is 10.0 Å². The summed E-state index contributed by atoms with van der Waals surface area (Å²) in [5, 5.41) is 3.92. The van der Waals surface area contributed by atoms with Crippen molar-refractivity contribution in [1.29, 1.82) is 0 Å². The van der Waals surface area contributed by atoms with E-state index >= 15 is 0 Å². The number of thiophene rings is 1. The van der Waals surface area contributed by atoms with E-state index in [0.717, 1.165) is 8.66 Å². The Morgan fingerprint density at radius 3 is 2.47 bits per heavy atom. The minimum absolute atomic E-state index is 0.193. The maximum absolute atomic E-state index is 11.9. The van der Waals surface area contributed by atoms with Gasteiger partial charge in [-0.1, -0.05) is 18.2 Å². The Kier molecular flexibility index (Phi) is 4.38. The Balaban J connectivity index is 2.18. The predicted octanol–water partition coefficient (Wildman–Crippen LogP) is 3.21. The quantitative estimate of drug-likeness (QED) is 0.673. The van der Waals surface area contributed by atoms with Crippen LogP contribution in [0.25, 0.3) is 0 Å². The molecule has 0 aliphatic heterocycles. The summed E-state index contributed by atoms with van der Waals surface area (Å²) in [6.07, 6.45) is 0. The highest BCUT2D eigenvalue weighted by Crippen LogP contribution is 2.22. The molecular formula is C12H11BrN2O2S2. The van der Waals surface area contributed by atoms with E-state index in [1.807, 2.05) is 12.1 Å². The molecule has 0 unspecified atom stereocenters. The summed E-state index contributed by atoms with van der Waals surface area (Å²) in [6, 6.07) is 11.9. The fourth-order valence-electron chi connectivity index (χ4n) is 1.34. The number of sulfonamides is 1. The molecule has 0 amide bonds. The summed E-state index contributed by atoms with van der Waals surface area (Å²) < 4.78 is 24.9. The van der Waals surface area contributed by atoms with Crippen LogP contribution in [0.2, 0.25) is 0 Å². The molecule has 0 fully saturated rings. The molecule has 2 rings (SSSR count). The second-order valence-electron chi connectivity index (χ2n) is 3.71. The summed E-state index contributed by atoms with van der Waals surface area (Å²) >= 11 is 4.85. The highest BCUT2D eigenvalue weighted by molar-refractivity contribution is 9.11. The Morgan fingerprint density at radius 2 is 1.89 bits per heavy atom. The first kappa shape index (κ1) is 14.2. The van der Waals surface area contributed by atoms with Gasteiger partial charge in [-0.3, -0.25) is 0 Å². The number of nitrogens with one attached hydrogen (secondary N) is 1. The van der Waals surface area contributed by atoms with E-state index in [1.165, 1.54) is 23.5 Å². The maximum atomic E-state index is 11.9. The van der Waals surface area contributed by atoms with Crippen LogP contribution in [-0.4, -0.2) is 14.1 Å². The van der Waals surface area contributed by atoms with Gasteiger partial charge in [0.15, 0.2) is 0 Å². The minimum atomic E-state index is -3.60. The summed E-state index contributed by atoms with van der Waals surface area (Å²) in [6.45, 7) is 1.76. The Morgan fingerprint density at radius 1 is 1.21 bits per heavy atom. The van der Waals surface area contributed by atoms with Gasteiger partial charge in [0.2, 0.25) is 0 Å². The third kappa shape index (κ3) is 3.65. The Labute approximate surface area is 124 Å². The van der Waals surface area contributed by atoms with Crippen molar-refractivity contribution in [2.24, 2.45) is 5.10 Å². The van der Waals surface area contributed by atoms with E-state index in [0.29, 0.717) is 5.71 Å². The molecule has 7 heteroatoms. The van der Waals surface area contributed by atoms with Gasteiger partial charge >= 0.3 is 0 Å². The number of halogens is 1. The van der Waals surface area contributed by atoms with Crippen LogP contribution in [0.3, 0.4) is 0 Å². The molecule has 0 spiro atoms. The first-order valence-electron chi connectivity index (χ1n) is 5.36. The lowest BCUT2D eigenvalue weighted by Crippen LogP contribution is -2.19. The molecule has 4 nitrogen and oxygen atoms in total. The Bertz CT molecular complexity index is 694. The third-order valence-electron chi connectivity index (χ3n) is 2.32. The fourth-order valence-corrected chi connectivity index (χ4v) is 3.55. The van der Waals surface area contributed by atoms with Gasteiger partial charge < -0.3 is 0 Å². The van der Waals surface area contributed by atoms with E-state index in [1.54, 1.807) is 25.1 Å². The Hall–Kier alpha value is -1.18. The standard InChI is InChI=1S/C12H11BrN2O2S2/c1-9(11-7-8-12(13)18-11)14-15-19(16,17)10-5-3-2-4-6-10/h2-8,15H,1H3. The average molecular weight is 359 g/mol. The van der Waals surface area contributed by atoms with Crippen LogP contribution < -0.4 is 4.83 Å². The SMILES string of the molecule is CC(=NNS(=O)(=O)c1ccccc1)c1ccc(Br)s1. The third-order valence-corrected chi connectivity index (χ3v) is 5.27. The number of rotatable bonds is 4. The second kappa shape index (κ2) is 5.85. The molecule has 0 aliphatic carbocycles. The van der Waals surface area contributed by atoms with Crippen molar-refractivity contribution in [2.75, 3.05) is 0 Å². The van der Waals surface area contributed by atoms with Gasteiger partial charge in [0, 0.05) is 0 Å². The monoisotopic (exact) mass is 358 g/mol. The van der Waals surface area contributed by atoms with Gasteiger partial charge in [0.1, 0.15) is 0 Å². The summed E-state index contributed by atoms with van der Waals surface area (Å²) in [7, 11) is -3.60. The first-order chi connectivity index (χ1) is 8.99. The zero-order valence-electron chi connectivity index (χ0n) is 10.00. The molecule has 0 aliphatic rings. The molecule has 100 valence electrons. The van der Waals surface area contributed by atoms with Crippen LogP contribution in [0.5, 0.6) is 0 Å². The molecule has 0 saturated heterocycles. The number of hydrazone groups is 1. The normalized spacial score (nSPS) is 12.4. The van der Waals surface area contributed by atoms with E-state index in [9.17, 15) is 8.42 Å². The average Bonchev–Trinajstić information content (AvgIpc) is 2.84. The van der Waals surface area contributed by atoms with Crippen molar-refractivity contribution in [3.05, 3.63) is 51.1 Å². The van der Waals surface area contributed by atoms with Crippen LogP contribution in [0.1, 0.15) is 11.8 Å². The predicted molar refractivity (Wildman–Crippen MR) is 81.0 cm³/mol. The van der Waals surface area contributed by atoms with Crippen molar-refractivity contribution in [2.45, 2.75) is 11.8 Å². The summed E-state index contributed by atoms with van der Waals surface area (Å²) in [5.74, 6) is 0. The zero-order valence-corrected chi connectivity index (χ0v) is 13.2. The molecule has 0 atom stereocenters. The minimum Gasteiger partial charge on any atom is -0.200 e. The van der Waals surface area contributed by atoms with Gasteiger partial charge in [-0.25, -0.2) is 0 Å². The van der Waals surface area contributed by atoms with Crippen molar-refractivity contribution >= 4 is 43.0 Å². The van der Waals surface area contributed by atoms with E-state index in [2.05, 4.69) is 25.9 Å². The molecular weight excluding hydrogens is 348 g/mol. The molecule has 2 aromatic rings. The molecule has 1 aromatic carbocycles. The van der Waals surface area contributed by atoms with Gasteiger partial charge in [0.05, 0.1) is 19.3 Å². The number of benzene rings is 1. The molecule has 1 N–H and O–H groups in total. The second-order valence-corrected chi connectivity index (χ2v) is 7.83. The van der Waals surface area contributed by atoms with Crippen LogP contribution in [0.4, 0.5) is 0 Å². The van der Waals surface area contributed by atoms with Gasteiger partial charge in [-0.05, 0) is 47.1 Å². The molecule has 0 radical (unpaired) electrons. The first-order valence-corrected chi connectivity index (χ1v) is 8.45. The van der Waals surface area contributed by atoms with Crippen molar-refractivity contribution in [3.8, 4) is 0 Å². The van der Waals surface area contributed by atoms with Gasteiger partial charge in [0.25, 0.3) is 10.0 Å². The highest BCUT2D eigenvalue weighted by Gasteiger charge is 2.12. The van der Waals surface area contributed by atoms with Crippen molar-refractivity contribution in [3.63, 3.8) is 0 Å². The summed E-state index contributed by atoms with van der Waals surface area (Å²) in [5.41, 5.74) is 0.621. The molecule has 0 saturated carbocycles. The largest absolute Gasteiger partial charge is 0.276 e. The van der Waals surface area contributed by atoms with E-state index in [-0.39, 0.29) is 4.90 Å². The molecule has 1 heterocycles. The molecule has 0 bridgehead atoms. The number of hydrogen-bond acceptors (Lipinski definition) is 4. The van der Waals surface area contributed by atoms with Gasteiger partial charge in [-0.2, -0.15) is 18.4 Å². The van der Waals surface area contributed by atoms with Crippen LogP contribution in [0.15, 0.2) is 56.2 Å². The van der Waals surface area contributed by atoms with E-state index in [4.69, 9.17) is 0 Å². The lowest BCUT2D eigenvalue weighted by atomic mass is 10.3. The summed E-state index contributed by atoms with van der Waals surface area (Å²) in [4.78, 5) is 3.33. The number of nitrogens with zero attached hydrogens (tertiary/aromatic N) is 1. The molecule has 1 aromatic heterocycles. The zero-order chi connectivity index (χ0) is 13.9. The number of hydrogen-bond donors (Lipinski definition) is 1. The van der Waals surface area contributed by atoms with Crippen molar-refractivity contribution < 1.29 is 8.42 Å². The van der Waals surface area contributed by atoms with Gasteiger partial charge in [-0.15, -0.1) is 11.3 Å². The van der Waals surface area contributed by atoms with Crippen molar-refractivity contribution in [1.82, 2.24) is 4.83 Å². The van der Waals surface area contributed by atoms with Crippen LogP contribution in [0, 0.1) is 0 Å². The lowest BCUT2D eigenvalue weighted by Gasteiger charge is -2.03. The van der Waals surface area contributed by atoms with Crippen LogP contribution >= 0.6 is 27.3 Å². The fraction of sp³-hybridized carbons (Fsp3) is 0.0833.